The van der Waals surface area contributed by atoms with Gasteiger partial charge in [-0.3, -0.25) is 10.2 Å². The molecule has 0 aromatic carbocycles. The first-order valence-electron chi connectivity index (χ1n) is 2.36. The Bertz CT molecular complexity index is 76.4. The van der Waals surface area contributed by atoms with Crippen molar-refractivity contribution in [2.75, 3.05) is 4.43 Å². The molecule has 0 aromatic heterocycles. The Hall–Kier alpha value is 0.160. The van der Waals surface area contributed by atoms with Gasteiger partial charge in [0, 0.05) is 10.8 Å². The molecular weight excluding hydrogens is 219 g/mol. The molecule has 0 aliphatic rings. The van der Waals surface area contributed by atoms with Gasteiger partial charge in [-0.1, -0.05) is 22.6 Å². The summed E-state index contributed by atoms with van der Waals surface area (Å²) in [6.45, 7) is 0. The summed E-state index contributed by atoms with van der Waals surface area (Å²) < 4.78 is 1.01. The lowest BCUT2D eigenvalue weighted by Crippen LogP contribution is -2.29. The van der Waals surface area contributed by atoms with E-state index in [0.29, 0.717) is 6.42 Å². The van der Waals surface area contributed by atoms with Gasteiger partial charge < -0.3 is 0 Å². The van der Waals surface area contributed by atoms with E-state index in [1.54, 1.807) is 0 Å². The maximum atomic E-state index is 10.3. The second kappa shape index (κ2) is 5.30. The molecule has 48 valence electrons. The number of rotatable bonds is 3. The summed E-state index contributed by atoms with van der Waals surface area (Å²) in [5.74, 6) is 4.73. The van der Waals surface area contributed by atoms with Crippen LogP contribution in [0, 0.1) is 0 Å². The van der Waals surface area contributed by atoms with Crippen molar-refractivity contribution in [1.29, 1.82) is 0 Å². The van der Waals surface area contributed by atoms with Crippen LogP contribution in [0.4, 0.5) is 0 Å². The van der Waals surface area contributed by atoms with E-state index >= 15 is 0 Å². The van der Waals surface area contributed by atoms with Crippen LogP contribution in [0.3, 0.4) is 0 Å². The van der Waals surface area contributed by atoms with Gasteiger partial charge in [0.2, 0.25) is 5.91 Å². The molecule has 0 aliphatic heterocycles. The van der Waals surface area contributed by atoms with Gasteiger partial charge in [0.15, 0.2) is 0 Å². The van der Waals surface area contributed by atoms with Crippen molar-refractivity contribution in [2.24, 2.45) is 5.84 Å². The highest BCUT2D eigenvalue weighted by atomic mass is 127. The van der Waals surface area contributed by atoms with E-state index in [9.17, 15) is 4.79 Å². The summed E-state index contributed by atoms with van der Waals surface area (Å²) in [6.07, 6.45) is 1.45. The van der Waals surface area contributed by atoms with E-state index < -0.39 is 0 Å². The Kier molecular flexibility index (Phi) is 5.41. The third kappa shape index (κ3) is 4.32. The first kappa shape index (κ1) is 8.16. The topological polar surface area (TPSA) is 55.1 Å². The first-order chi connectivity index (χ1) is 3.81. The molecule has 0 aliphatic carbocycles. The number of hydrogen-bond donors (Lipinski definition) is 2. The summed E-state index contributed by atoms with van der Waals surface area (Å²) in [7, 11) is 0. The van der Waals surface area contributed by atoms with Crippen LogP contribution in [0.15, 0.2) is 0 Å². The monoisotopic (exact) mass is 228 g/mol. The number of amides is 1. The molecule has 0 fully saturated rings. The number of nitrogens with one attached hydrogen (secondary N) is 1. The fourth-order valence-corrected chi connectivity index (χ4v) is 0.681. The highest BCUT2D eigenvalue weighted by Gasteiger charge is 1.93. The maximum absolute atomic E-state index is 10.3. The van der Waals surface area contributed by atoms with E-state index in [0.717, 1.165) is 10.8 Å². The van der Waals surface area contributed by atoms with E-state index in [1.165, 1.54) is 0 Å². The lowest BCUT2D eigenvalue weighted by Gasteiger charge is -1.93. The highest BCUT2D eigenvalue weighted by molar-refractivity contribution is 14.1. The van der Waals surface area contributed by atoms with Gasteiger partial charge >= 0.3 is 0 Å². The quantitative estimate of drug-likeness (QED) is 0.238. The Balaban J connectivity index is 2.99. The Morgan fingerprint density at radius 3 is 2.75 bits per heavy atom. The number of halogens is 1. The van der Waals surface area contributed by atoms with Crippen molar-refractivity contribution in [3.8, 4) is 0 Å². The molecule has 0 radical (unpaired) electrons. The fraction of sp³-hybridized carbons (Fsp3) is 0.750. The van der Waals surface area contributed by atoms with E-state index in [-0.39, 0.29) is 5.91 Å². The van der Waals surface area contributed by atoms with Gasteiger partial charge in [0.05, 0.1) is 0 Å². The standard InChI is InChI=1S/C4H9IN2O/c5-3-1-2-4(8)7-6/h1-3,6H2,(H,7,8). The number of hydrazine groups is 1. The molecule has 4 heteroatoms. The minimum atomic E-state index is -0.0818. The summed E-state index contributed by atoms with van der Waals surface area (Å²) >= 11 is 2.22. The molecule has 0 atom stereocenters. The van der Waals surface area contributed by atoms with Crippen molar-refractivity contribution >= 4 is 28.5 Å². The Morgan fingerprint density at radius 2 is 2.38 bits per heavy atom. The van der Waals surface area contributed by atoms with Gasteiger partial charge in [-0.15, -0.1) is 0 Å². The lowest BCUT2D eigenvalue weighted by atomic mass is 10.3. The molecule has 0 unspecified atom stereocenters. The molecule has 0 saturated heterocycles. The molecular formula is C4H9IN2O. The summed E-state index contributed by atoms with van der Waals surface area (Å²) in [5.41, 5.74) is 2.06. The summed E-state index contributed by atoms with van der Waals surface area (Å²) in [6, 6.07) is 0. The molecule has 0 saturated carbocycles. The molecule has 8 heavy (non-hydrogen) atoms. The predicted molar refractivity (Wildman–Crippen MR) is 40.5 cm³/mol. The Morgan fingerprint density at radius 1 is 1.75 bits per heavy atom. The van der Waals surface area contributed by atoms with E-state index in [1.807, 2.05) is 0 Å². The number of hydrogen-bond acceptors (Lipinski definition) is 2. The molecule has 3 nitrogen and oxygen atoms in total. The molecule has 0 spiro atoms. The third-order valence-corrected chi connectivity index (χ3v) is 1.46. The van der Waals surface area contributed by atoms with Crippen LogP contribution in [0.25, 0.3) is 0 Å². The van der Waals surface area contributed by atoms with Gasteiger partial charge in [0.1, 0.15) is 0 Å². The maximum Gasteiger partial charge on any atom is 0.233 e. The van der Waals surface area contributed by atoms with E-state index in [4.69, 9.17) is 5.84 Å². The zero-order valence-corrected chi connectivity index (χ0v) is 6.64. The molecule has 0 bridgehead atoms. The van der Waals surface area contributed by atoms with Gasteiger partial charge in [-0.2, -0.15) is 0 Å². The van der Waals surface area contributed by atoms with Crippen molar-refractivity contribution in [3.05, 3.63) is 0 Å². The largest absolute Gasteiger partial charge is 0.294 e. The minimum Gasteiger partial charge on any atom is -0.294 e. The lowest BCUT2D eigenvalue weighted by molar-refractivity contribution is -0.121. The summed E-state index contributed by atoms with van der Waals surface area (Å²) in [4.78, 5) is 10.3. The van der Waals surface area contributed by atoms with Crippen LogP contribution in [-0.2, 0) is 4.79 Å². The average Bonchev–Trinajstić information content (AvgIpc) is 1.83. The van der Waals surface area contributed by atoms with Crippen molar-refractivity contribution in [1.82, 2.24) is 5.43 Å². The SMILES string of the molecule is NNC(=O)CCCI. The normalized spacial score (nSPS) is 8.75. The molecule has 3 N–H and O–H groups in total. The second-order valence-electron chi connectivity index (χ2n) is 1.36. The molecule has 0 aromatic rings. The summed E-state index contributed by atoms with van der Waals surface area (Å²) in [5, 5.41) is 0. The number of carbonyl (C=O) groups is 1. The van der Waals surface area contributed by atoms with Gasteiger partial charge in [-0.05, 0) is 6.42 Å². The minimum absolute atomic E-state index is 0.0818. The van der Waals surface area contributed by atoms with Crippen LogP contribution in [0.2, 0.25) is 0 Å². The van der Waals surface area contributed by atoms with Crippen LogP contribution in [0.1, 0.15) is 12.8 Å². The number of nitrogens with two attached hydrogens (primary N) is 1. The van der Waals surface area contributed by atoms with Crippen molar-refractivity contribution in [3.63, 3.8) is 0 Å². The highest BCUT2D eigenvalue weighted by Crippen LogP contribution is 1.92. The van der Waals surface area contributed by atoms with Crippen LogP contribution >= 0.6 is 22.6 Å². The number of carbonyl (C=O) groups excluding carboxylic acids is 1. The van der Waals surface area contributed by atoms with Crippen LogP contribution in [0.5, 0.6) is 0 Å². The number of alkyl halides is 1. The van der Waals surface area contributed by atoms with Crippen molar-refractivity contribution < 1.29 is 4.79 Å². The Labute approximate surface area is 62.1 Å². The van der Waals surface area contributed by atoms with Crippen LogP contribution < -0.4 is 11.3 Å². The van der Waals surface area contributed by atoms with Gasteiger partial charge in [-0.25, -0.2) is 5.84 Å². The zero-order valence-electron chi connectivity index (χ0n) is 4.48. The van der Waals surface area contributed by atoms with E-state index in [2.05, 4.69) is 28.0 Å². The van der Waals surface area contributed by atoms with Crippen LogP contribution in [-0.4, -0.2) is 10.3 Å². The van der Waals surface area contributed by atoms with Gasteiger partial charge in [0.25, 0.3) is 0 Å². The molecule has 1 amide bonds. The smallest absolute Gasteiger partial charge is 0.233 e. The predicted octanol–water partition coefficient (Wildman–Crippen LogP) is 0.191. The average molecular weight is 228 g/mol. The third-order valence-electron chi connectivity index (χ3n) is 0.698. The second-order valence-corrected chi connectivity index (χ2v) is 2.44. The fourth-order valence-electron chi connectivity index (χ4n) is 0.300. The van der Waals surface area contributed by atoms with Crippen molar-refractivity contribution in [2.45, 2.75) is 12.8 Å². The first-order valence-corrected chi connectivity index (χ1v) is 3.89. The molecule has 0 heterocycles. The molecule has 0 rings (SSSR count). The zero-order chi connectivity index (χ0) is 6.41.